The standard InChI is InChI=1S/C8H12N4/c1-7-2-3-8(10-6-7)4-5-11-12-9/h2-3,6H,4-5H2,1H3,(H2,9,11). The lowest BCUT2D eigenvalue weighted by Gasteiger charge is -1.96. The number of aromatic nitrogens is 1. The zero-order valence-electron chi connectivity index (χ0n) is 7.07. The molecule has 4 nitrogen and oxygen atoms in total. The van der Waals surface area contributed by atoms with Crippen molar-refractivity contribution < 1.29 is 0 Å². The van der Waals surface area contributed by atoms with E-state index in [0.29, 0.717) is 6.54 Å². The van der Waals surface area contributed by atoms with E-state index in [2.05, 4.69) is 15.3 Å². The molecular weight excluding hydrogens is 152 g/mol. The Morgan fingerprint density at radius 1 is 1.50 bits per heavy atom. The monoisotopic (exact) mass is 164 g/mol. The van der Waals surface area contributed by atoms with Crippen LogP contribution in [0.15, 0.2) is 28.7 Å². The van der Waals surface area contributed by atoms with E-state index in [1.54, 1.807) is 0 Å². The van der Waals surface area contributed by atoms with E-state index in [1.807, 2.05) is 25.3 Å². The van der Waals surface area contributed by atoms with Crippen molar-refractivity contribution in [2.75, 3.05) is 6.54 Å². The normalized spacial score (nSPS) is 10.8. The number of rotatable bonds is 3. The van der Waals surface area contributed by atoms with Crippen molar-refractivity contribution >= 4 is 0 Å². The van der Waals surface area contributed by atoms with Crippen molar-refractivity contribution in [1.29, 1.82) is 0 Å². The summed E-state index contributed by atoms with van der Waals surface area (Å²) in [5.74, 6) is 4.85. The second-order valence-electron chi connectivity index (χ2n) is 2.56. The van der Waals surface area contributed by atoms with Crippen LogP contribution in [-0.2, 0) is 6.42 Å². The van der Waals surface area contributed by atoms with E-state index in [9.17, 15) is 0 Å². The Labute approximate surface area is 71.5 Å². The van der Waals surface area contributed by atoms with Gasteiger partial charge in [0.15, 0.2) is 0 Å². The molecule has 0 aromatic carbocycles. The first-order valence-corrected chi connectivity index (χ1v) is 3.81. The first kappa shape index (κ1) is 8.64. The largest absolute Gasteiger partial charge is 0.305 e. The summed E-state index contributed by atoms with van der Waals surface area (Å²) < 4.78 is 0. The summed E-state index contributed by atoms with van der Waals surface area (Å²) in [6.07, 6.45) is 2.63. The van der Waals surface area contributed by atoms with Gasteiger partial charge in [-0.25, -0.2) is 0 Å². The third kappa shape index (κ3) is 2.65. The molecule has 0 radical (unpaired) electrons. The summed E-state index contributed by atoms with van der Waals surface area (Å²) in [6.45, 7) is 2.61. The maximum absolute atomic E-state index is 4.85. The molecule has 1 aromatic rings. The van der Waals surface area contributed by atoms with Crippen molar-refractivity contribution in [2.24, 2.45) is 16.2 Å². The quantitative estimate of drug-likeness (QED) is 0.415. The lowest BCUT2D eigenvalue weighted by molar-refractivity contribution is 0.839. The summed E-state index contributed by atoms with van der Waals surface area (Å²) in [6, 6.07) is 4.02. The highest BCUT2D eigenvalue weighted by Gasteiger charge is 1.92. The Bertz CT molecular complexity index is 252. The minimum absolute atomic E-state index is 0.604. The SMILES string of the molecule is Cc1ccc(CCN=NN)nc1. The molecule has 1 rings (SSSR count). The molecule has 4 heteroatoms. The average Bonchev–Trinajstić information content (AvgIpc) is 2.09. The van der Waals surface area contributed by atoms with Crippen LogP contribution in [0.5, 0.6) is 0 Å². The average molecular weight is 164 g/mol. The maximum atomic E-state index is 4.85. The molecule has 0 bridgehead atoms. The minimum atomic E-state index is 0.604. The molecule has 0 aliphatic rings. The Hall–Kier alpha value is -1.45. The fraction of sp³-hybridized carbons (Fsp3) is 0.375. The van der Waals surface area contributed by atoms with Crippen LogP contribution in [-0.4, -0.2) is 11.5 Å². The molecular formula is C8H12N4. The van der Waals surface area contributed by atoms with Gasteiger partial charge in [-0.15, -0.1) is 0 Å². The van der Waals surface area contributed by atoms with Crippen LogP contribution < -0.4 is 5.84 Å². The van der Waals surface area contributed by atoms with Crippen LogP contribution in [0.1, 0.15) is 11.3 Å². The van der Waals surface area contributed by atoms with Gasteiger partial charge >= 0.3 is 0 Å². The highest BCUT2D eigenvalue weighted by molar-refractivity contribution is 5.12. The molecule has 0 amide bonds. The molecule has 0 aliphatic carbocycles. The molecule has 2 N–H and O–H groups in total. The molecule has 0 aliphatic heterocycles. The van der Waals surface area contributed by atoms with Gasteiger partial charge in [0.1, 0.15) is 0 Å². The Kier molecular flexibility index (Phi) is 3.19. The first-order valence-electron chi connectivity index (χ1n) is 3.81. The Balaban J connectivity index is 2.47. The van der Waals surface area contributed by atoms with E-state index in [0.717, 1.165) is 12.1 Å². The number of nitrogens with zero attached hydrogens (tertiary/aromatic N) is 3. The van der Waals surface area contributed by atoms with Crippen molar-refractivity contribution in [3.63, 3.8) is 0 Å². The lowest BCUT2D eigenvalue weighted by atomic mass is 10.2. The zero-order valence-corrected chi connectivity index (χ0v) is 7.07. The predicted molar refractivity (Wildman–Crippen MR) is 46.6 cm³/mol. The lowest BCUT2D eigenvalue weighted by Crippen LogP contribution is -1.93. The summed E-state index contributed by atoms with van der Waals surface area (Å²) in [5, 5.41) is 6.82. The number of nitrogens with two attached hydrogens (primary N) is 1. The van der Waals surface area contributed by atoms with Crippen molar-refractivity contribution in [2.45, 2.75) is 13.3 Å². The first-order chi connectivity index (χ1) is 5.83. The van der Waals surface area contributed by atoms with Crippen LogP contribution in [0.4, 0.5) is 0 Å². The highest BCUT2D eigenvalue weighted by atomic mass is 15.3. The van der Waals surface area contributed by atoms with Crippen LogP contribution >= 0.6 is 0 Å². The van der Waals surface area contributed by atoms with Gasteiger partial charge in [-0.05, 0) is 18.6 Å². The third-order valence-corrected chi connectivity index (χ3v) is 1.52. The van der Waals surface area contributed by atoms with Crippen molar-refractivity contribution in [3.05, 3.63) is 29.6 Å². The van der Waals surface area contributed by atoms with Gasteiger partial charge in [-0.1, -0.05) is 11.3 Å². The number of pyridine rings is 1. The van der Waals surface area contributed by atoms with Gasteiger partial charge in [0.05, 0.1) is 6.54 Å². The molecule has 1 heterocycles. The highest BCUT2D eigenvalue weighted by Crippen LogP contribution is 1.99. The topological polar surface area (TPSA) is 63.6 Å². The van der Waals surface area contributed by atoms with Crippen LogP contribution in [0.2, 0.25) is 0 Å². The number of hydrogen-bond donors (Lipinski definition) is 1. The summed E-state index contributed by atoms with van der Waals surface area (Å²) in [4.78, 5) is 4.21. The van der Waals surface area contributed by atoms with Gasteiger partial charge < -0.3 is 5.84 Å². The molecule has 12 heavy (non-hydrogen) atoms. The van der Waals surface area contributed by atoms with Crippen molar-refractivity contribution in [3.8, 4) is 0 Å². The number of aryl methyl sites for hydroxylation is 1. The van der Waals surface area contributed by atoms with Gasteiger partial charge in [0.25, 0.3) is 0 Å². The van der Waals surface area contributed by atoms with E-state index in [1.165, 1.54) is 5.56 Å². The summed E-state index contributed by atoms with van der Waals surface area (Å²) >= 11 is 0. The van der Waals surface area contributed by atoms with Crippen LogP contribution in [0.3, 0.4) is 0 Å². The van der Waals surface area contributed by atoms with Gasteiger partial charge in [-0.2, -0.15) is 5.11 Å². The Morgan fingerprint density at radius 3 is 2.92 bits per heavy atom. The molecule has 0 unspecified atom stereocenters. The fourth-order valence-corrected chi connectivity index (χ4v) is 0.869. The number of hydrogen-bond acceptors (Lipinski definition) is 3. The molecule has 0 atom stereocenters. The maximum Gasteiger partial charge on any atom is 0.0675 e. The summed E-state index contributed by atoms with van der Waals surface area (Å²) in [5.41, 5.74) is 2.19. The smallest absolute Gasteiger partial charge is 0.0675 e. The van der Waals surface area contributed by atoms with Crippen LogP contribution in [0, 0.1) is 6.92 Å². The van der Waals surface area contributed by atoms with Crippen molar-refractivity contribution in [1.82, 2.24) is 4.98 Å². The van der Waals surface area contributed by atoms with Gasteiger partial charge in [-0.3, -0.25) is 4.98 Å². The van der Waals surface area contributed by atoms with Crippen LogP contribution in [0.25, 0.3) is 0 Å². The molecule has 1 aromatic heterocycles. The van der Waals surface area contributed by atoms with Gasteiger partial charge in [0, 0.05) is 18.3 Å². The van der Waals surface area contributed by atoms with E-state index in [4.69, 9.17) is 5.84 Å². The molecule has 64 valence electrons. The molecule has 0 fully saturated rings. The zero-order chi connectivity index (χ0) is 8.81. The summed E-state index contributed by atoms with van der Waals surface area (Å²) in [7, 11) is 0. The molecule has 0 saturated heterocycles. The predicted octanol–water partition coefficient (Wildman–Crippen LogP) is 1.26. The molecule has 0 spiro atoms. The fourth-order valence-electron chi connectivity index (χ4n) is 0.869. The minimum Gasteiger partial charge on any atom is -0.305 e. The van der Waals surface area contributed by atoms with Gasteiger partial charge in [0.2, 0.25) is 0 Å². The Morgan fingerprint density at radius 2 is 2.33 bits per heavy atom. The second kappa shape index (κ2) is 4.43. The molecule has 0 saturated carbocycles. The van der Waals surface area contributed by atoms with E-state index >= 15 is 0 Å². The second-order valence-corrected chi connectivity index (χ2v) is 2.56. The van der Waals surface area contributed by atoms with E-state index in [-0.39, 0.29) is 0 Å². The third-order valence-electron chi connectivity index (χ3n) is 1.52. The van der Waals surface area contributed by atoms with E-state index < -0.39 is 0 Å².